The predicted octanol–water partition coefficient (Wildman–Crippen LogP) is 2.69. The van der Waals surface area contributed by atoms with Crippen molar-refractivity contribution < 1.29 is 22.7 Å². The summed E-state index contributed by atoms with van der Waals surface area (Å²) < 4.78 is 33.3. The lowest BCUT2D eigenvalue weighted by Crippen LogP contribution is -2.38. The van der Waals surface area contributed by atoms with Gasteiger partial charge in [-0.1, -0.05) is 32.1 Å². The second-order valence-electron chi connectivity index (χ2n) is 8.57. The first kappa shape index (κ1) is 24.5. The largest absolute Gasteiger partial charge is 0.495 e. The van der Waals surface area contributed by atoms with Crippen LogP contribution in [0, 0.1) is 5.92 Å². The normalized spacial score (nSPS) is 18.5. The smallest absolute Gasteiger partial charge is 0.251 e. The van der Waals surface area contributed by atoms with Gasteiger partial charge >= 0.3 is 0 Å². The molecule has 32 heavy (non-hydrogen) atoms. The Morgan fingerprint density at radius 3 is 2.25 bits per heavy atom. The maximum atomic E-state index is 13.2. The van der Waals surface area contributed by atoms with Gasteiger partial charge < -0.3 is 15.4 Å². The number of sulfonamides is 1. The van der Waals surface area contributed by atoms with Crippen LogP contribution in [0.1, 0.15) is 68.1 Å². The molecule has 1 aromatic rings. The van der Waals surface area contributed by atoms with E-state index in [-0.39, 0.29) is 40.5 Å². The van der Waals surface area contributed by atoms with Crippen LogP contribution in [-0.4, -0.2) is 57.8 Å². The van der Waals surface area contributed by atoms with Crippen LogP contribution in [-0.2, 0) is 14.8 Å². The minimum absolute atomic E-state index is 0.0140. The van der Waals surface area contributed by atoms with Crippen LogP contribution in [0.25, 0.3) is 0 Å². The molecule has 2 aliphatic rings. The molecule has 1 aliphatic heterocycles. The number of carbonyl (C=O) groups is 2. The molecule has 0 radical (unpaired) electrons. The van der Waals surface area contributed by atoms with Crippen LogP contribution in [0.15, 0.2) is 23.1 Å². The fourth-order valence-electron chi connectivity index (χ4n) is 4.41. The maximum Gasteiger partial charge on any atom is 0.251 e. The van der Waals surface area contributed by atoms with Gasteiger partial charge in [-0.15, -0.1) is 0 Å². The first-order chi connectivity index (χ1) is 15.4. The van der Waals surface area contributed by atoms with Crippen molar-refractivity contribution in [1.29, 1.82) is 0 Å². The Labute approximate surface area is 191 Å². The molecule has 1 aromatic carbocycles. The van der Waals surface area contributed by atoms with E-state index in [1.807, 2.05) is 0 Å². The third-order valence-electron chi connectivity index (χ3n) is 6.29. The average Bonchev–Trinajstić information content (AvgIpc) is 3.12. The fraction of sp³-hybridized carbons (Fsp3) is 0.652. The van der Waals surface area contributed by atoms with Crippen LogP contribution in [0.2, 0.25) is 0 Å². The summed E-state index contributed by atoms with van der Waals surface area (Å²) in [5.41, 5.74) is 0.248. The molecule has 0 spiro atoms. The molecule has 9 heteroatoms. The van der Waals surface area contributed by atoms with Gasteiger partial charge in [0.05, 0.1) is 7.11 Å². The zero-order chi connectivity index (χ0) is 23.0. The van der Waals surface area contributed by atoms with Gasteiger partial charge in [-0.3, -0.25) is 9.59 Å². The lowest BCUT2D eigenvalue weighted by atomic mass is 9.89. The van der Waals surface area contributed by atoms with Gasteiger partial charge in [-0.05, 0) is 43.9 Å². The van der Waals surface area contributed by atoms with Gasteiger partial charge in [-0.2, -0.15) is 4.31 Å². The van der Waals surface area contributed by atoms with Crippen molar-refractivity contribution in [3.05, 3.63) is 23.8 Å². The number of amides is 2. The summed E-state index contributed by atoms with van der Waals surface area (Å²) in [5.74, 6) is -0.0283. The van der Waals surface area contributed by atoms with Gasteiger partial charge in [0, 0.05) is 37.7 Å². The molecule has 0 unspecified atom stereocenters. The average molecular weight is 466 g/mol. The van der Waals surface area contributed by atoms with Crippen LogP contribution < -0.4 is 15.4 Å². The van der Waals surface area contributed by atoms with E-state index in [1.54, 1.807) is 6.07 Å². The second kappa shape index (κ2) is 11.7. The Bertz CT molecular complexity index is 889. The van der Waals surface area contributed by atoms with E-state index in [2.05, 4.69) is 10.6 Å². The molecule has 2 N–H and O–H groups in total. The Kier molecular flexibility index (Phi) is 8.92. The summed E-state index contributed by atoms with van der Waals surface area (Å²) in [7, 11) is -2.34. The molecule has 1 saturated carbocycles. The van der Waals surface area contributed by atoms with Crippen LogP contribution in [0.3, 0.4) is 0 Å². The molecule has 2 amide bonds. The lowest BCUT2D eigenvalue weighted by molar-refractivity contribution is -0.125. The first-order valence-electron chi connectivity index (χ1n) is 11.7. The van der Waals surface area contributed by atoms with Gasteiger partial charge in [0.2, 0.25) is 15.9 Å². The molecular formula is C23H35N3O5S. The molecular weight excluding hydrogens is 430 g/mol. The first-order valence-corrected chi connectivity index (χ1v) is 13.1. The zero-order valence-electron chi connectivity index (χ0n) is 18.9. The number of hydrogen-bond donors (Lipinski definition) is 2. The summed E-state index contributed by atoms with van der Waals surface area (Å²) in [5, 5.41) is 5.65. The Morgan fingerprint density at radius 1 is 0.969 bits per heavy atom. The van der Waals surface area contributed by atoms with Crippen molar-refractivity contribution >= 4 is 21.8 Å². The number of methoxy groups -OCH3 is 1. The number of nitrogens with zero attached hydrogens (tertiary/aromatic N) is 1. The third-order valence-corrected chi connectivity index (χ3v) is 8.21. The molecule has 1 aliphatic carbocycles. The van der Waals surface area contributed by atoms with E-state index in [1.165, 1.54) is 30.0 Å². The Hall–Kier alpha value is -2.13. The highest BCUT2D eigenvalue weighted by Gasteiger charge is 2.29. The van der Waals surface area contributed by atoms with Crippen molar-refractivity contribution in [2.75, 3.05) is 33.3 Å². The highest BCUT2D eigenvalue weighted by Crippen LogP contribution is 2.29. The van der Waals surface area contributed by atoms with Gasteiger partial charge in [0.25, 0.3) is 5.91 Å². The van der Waals surface area contributed by atoms with Crippen molar-refractivity contribution in [1.82, 2.24) is 14.9 Å². The van der Waals surface area contributed by atoms with Crippen molar-refractivity contribution in [2.24, 2.45) is 5.92 Å². The number of nitrogens with one attached hydrogen (secondary N) is 2. The van der Waals surface area contributed by atoms with E-state index in [0.29, 0.717) is 19.6 Å². The molecule has 1 heterocycles. The number of hydrogen-bond acceptors (Lipinski definition) is 5. The van der Waals surface area contributed by atoms with Crippen LogP contribution in [0.4, 0.5) is 0 Å². The number of ether oxygens (including phenoxy) is 1. The van der Waals surface area contributed by atoms with E-state index in [0.717, 1.165) is 51.4 Å². The van der Waals surface area contributed by atoms with E-state index >= 15 is 0 Å². The molecule has 2 fully saturated rings. The van der Waals surface area contributed by atoms with E-state index < -0.39 is 10.0 Å². The second-order valence-corrected chi connectivity index (χ2v) is 10.5. The summed E-state index contributed by atoms with van der Waals surface area (Å²) in [4.78, 5) is 24.8. The molecule has 1 saturated heterocycles. The summed E-state index contributed by atoms with van der Waals surface area (Å²) >= 11 is 0. The minimum Gasteiger partial charge on any atom is -0.495 e. The highest BCUT2D eigenvalue weighted by molar-refractivity contribution is 7.89. The monoisotopic (exact) mass is 465 g/mol. The number of carbonyl (C=O) groups excluding carboxylic acids is 2. The topological polar surface area (TPSA) is 105 Å². The molecule has 3 rings (SSSR count). The van der Waals surface area contributed by atoms with Gasteiger partial charge in [0.15, 0.2) is 0 Å². The molecule has 8 nitrogen and oxygen atoms in total. The van der Waals surface area contributed by atoms with Gasteiger partial charge in [0.1, 0.15) is 10.6 Å². The summed E-state index contributed by atoms with van der Waals surface area (Å²) in [6, 6.07) is 4.45. The standard InChI is InChI=1S/C23H35N3O5S/c1-31-20-12-11-19(17-21(20)32(29,30)26-15-7-2-3-8-16-26)23(28)25-14-13-24-22(27)18-9-5-4-6-10-18/h11-12,17-18H,2-10,13-16H2,1H3,(H,24,27)(H,25,28). The van der Waals surface area contributed by atoms with Crippen LogP contribution >= 0.6 is 0 Å². The SMILES string of the molecule is COc1ccc(C(=O)NCCNC(=O)C2CCCCC2)cc1S(=O)(=O)N1CCCCCC1. The highest BCUT2D eigenvalue weighted by atomic mass is 32.2. The fourth-order valence-corrected chi connectivity index (χ4v) is 6.11. The van der Waals surface area contributed by atoms with Crippen molar-refractivity contribution in [2.45, 2.75) is 62.7 Å². The quantitative estimate of drug-likeness (QED) is 0.575. The third kappa shape index (κ3) is 6.22. The molecule has 0 aromatic heterocycles. The Morgan fingerprint density at radius 2 is 1.59 bits per heavy atom. The predicted molar refractivity (Wildman–Crippen MR) is 122 cm³/mol. The lowest BCUT2D eigenvalue weighted by Gasteiger charge is -2.22. The Balaban J connectivity index is 1.61. The van der Waals surface area contributed by atoms with Gasteiger partial charge in [-0.25, -0.2) is 8.42 Å². The zero-order valence-corrected chi connectivity index (χ0v) is 19.7. The van der Waals surface area contributed by atoms with E-state index in [9.17, 15) is 18.0 Å². The molecule has 178 valence electrons. The summed E-state index contributed by atoms with van der Waals surface area (Å²) in [6.07, 6.45) is 8.92. The number of rotatable bonds is 8. The maximum absolute atomic E-state index is 13.2. The molecule has 0 atom stereocenters. The van der Waals surface area contributed by atoms with Crippen LogP contribution in [0.5, 0.6) is 5.75 Å². The summed E-state index contributed by atoms with van der Waals surface area (Å²) in [6.45, 7) is 1.57. The van der Waals surface area contributed by atoms with Crippen molar-refractivity contribution in [3.8, 4) is 5.75 Å². The molecule has 0 bridgehead atoms. The number of benzene rings is 1. The minimum atomic E-state index is -3.76. The van der Waals surface area contributed by atoms with E-state index in [4.69, 9.17) is 4.74 Å². The van der Waals surface area contributed by atoms with Crippen molar-refractivity contribution in [3.63, 3.8) is 0 Å².